The molecule has 0 spiro atoms. The predicted octanol–water partition coefficient (Wildman–Crippen LogP) is 1.96. The fourth-order valence-electron chi connectivity index (χ4n) is 2.62. The molecule has 0 aliphatic heterocycles. The van der Waals surface area contributed by atoms with Crippen molar-refractivity contribution in [2.75, 3.05) is 20.3 Å². The van der Waals surface area contributed by atoms with Crippen molar-refractivity contribution in [3.63, 3.8) is 0 Å². The van der Waals surface area contributed by atoms with Crippen molar-refractivity contribution in [3.8, 4) is 5.75 Å². The van der Waals surface area contributed by atoms with E-state index in [2.05, 4.69) is 18.7 Å². The number of amidine groups is 1. The summed E-state index contributed by atoms with van der Waals surface area (Å²) >= 11 is 0. The molecule has 0 aromatic heterocycles. The molecule has 0 aliphatic carbocycles. The van der Waals surface area contributed by atoms with Gasteiger partial charge in [0.1, 0.15) is 11.6 Å². The van der Waals surface area contributed by atoms with Crippen molar-refractivity contribution >= 4 is 5.84 Å². The van der Waals surface area contributed by atoms with E-state index in [1.807, 2.05) is 18.2 Å². The first-order chi connectivity index (χ1) is 10.1. The molecule has 0 atom stereocenters. The van der Waals surface area contributed by atoms with Crippen LogP contribution in [0.3, 0.4) is 0 Å². The summed E-state index contributed by atoms with van der Waals surface area (Å²) in [7, 11) is 1.58. The van der Waals surface area contributed by atoms with Gasteiger partial charge in [0.2, 0.25) is 0 Å². The number of hydrogen-bond acceptors (Lipinski definition) is 4. The van der Waals surface area contributed by atoms with Gasteiger partial charge >= 0.3 is 0 Å². The summed E-state index contributed by atoms with van der Waals surface area (Å²) in [6.07, 6.45) is 2.11. The highest BCUT2D eigenvalue weighted by Crippen LogP contribution is 2.22. The van der Waals surface area contributed by atoms with Gasteiger partial charge in [0.05, 0.1) is 19.3 Å². The number of aliphatic hydroxyl groups excluding tert-OH is 1. The molecule has 118 valence electrons. The normalized spacial score (nSPS) is 11.1. The number of ether oxygens (including phenoxy) is 1. The molecule has 5 nitrogen and oxygen atoms in total. The first-order valence-electron chi connectivity index (χ1n) is 7.43. The average Bonchev–Trinajstić information content (AvgIpc) is 2.48. The molecule has 0 unspecified atom stereocenters. The molecule has 0 radical (unpaired) electrons. The lowest BCUT2D eigenvalue weighted by molar-refractivity contribution is 0.136. The molecule has 0 aliphatic rings. The number of nitrogens with one attached hydrogen (secondary N) is 1. The summed E-state index contributed by atoms with van der Waals surface area (Å²) in [5.74, 6) is 0.624. The van der Waals surface area contributed by atoms with Gasteiger partial charge in [-0.3, -0.25) is 10.3 Å². The number of nitrogen functional groups attached to an aromatic ring is 1. The zero-order chi connectivity index (χ0) is 15.8. The predicted molar refractivity (Wildman–Crippen MR) is 85.9 cm³/mol. The molecule has 0 fully saturated rings. The molecule has 0 bridgehead atoms. The summed E-state index contributed by atoms with van der Waals surface area (Å²) in [4.78, 5) is 2.28. The van der Waals surface area contributed by atoms with Crippen LogP contribution in [0, 0.1) is 5.41 Å². The van der Waals surface area contributed by atoms with E-state index in [-0.39, 0.29) is 12.4 Å². The Hall–Kier alpha value is -1.59. The van der Waals surface area contributed by atoms with Crippen molar-refractivity contribution in [1.82, 2.24) is 4.90 Å². The first kappa shape index (κ1) is 17.5. The van der Waals surface area contributed by atoms with Crippen LogP contribution < -0.4 is 10.5 Å². The third kappa shape index (κ3) is 4.72. The molecule has 0 saturated carbocycles. The Morgan fingerprint density at radius 2 is 2.05 bits per heavy atom. The maximum absolute atomic E-state index is 9.26. The maximum Gasteiger partial charge on any atom is 0.130 e. The molecular formula is C16H27N3O2. The Balaban J connectivity index is 2.96. The van der Waals surface area contributed by atoms with Crippen LogP contribution in [0.25, 0.3) is 0 Å². The Bertz CT molecular complexity index is 459. The highest BCUT2D eigenvalue weighted by Gasteiger charge is 2.16. The van der Waals surface area contributed by atoms with E-state index >= 15 is 0 Å². The highest BCUT2D eigenvalue weighted by molar-refractivity contribution is 5.97. The molecule has 1 aromatic rings. The minimum Gasteiger partial charge on any atom is -0.496 e. The molecular weight excluding hydrogens is 266 g/mol. The van der Waals surface area contributed by atoms with Crippen molar-refractivity contribution in [3.05, 3.63) is 29.3 Å². The molecule has 4 N–H and O–H groups in total. The minimum atomic E-state index is 0.00519. The fourth-order valence-corrected chi connectivity index (χ4v) is 2.62. The third-order valence-corrected chi connectivity index (χ3v) is 3.79. The van der Waals surface area contributed by atoms with Crippen LogP contribution in [-0.2, 0) is 6.54 Å². The van der Waals surface area contributed by atoms with Gasteiger partial charge in [-0.1, -0.05) is 19.9 Å². The van der Waals surface area contributed by atoms with Crippen molar-refractivity contribution in [1.29, 1.82) is 5.41 Å². The van der Waals surface area contributed by atoms with Gasteiger partial charge < -0.3 is 15.6 Å². The molecule has 0 heterocycles. The van der Waals surface area contributed by atoms with Gasteiger partial charge in [-0.15, -0.1) is 0 Å². The van der Waals surface area contributed by atoms with Crippen LogP contribution in [0.5, 0.6) is 5.75 Å². The summed E-state index contributed by atoms with van der Waals surface area (Å²) in [5, 5.41) is 16.8. The molecule has 1 aromatic carbocycles. The van der Waals surface area contributed by atoms with Crippen molar-refractivity contribution < 1.29 is 9.84 Å². The molecule has 0 saturated heterocycles. The quantitative estimate of drug-likeness (QED) is 0.480. The number of benzene rings is 1. The second-order valence-electron chi connectivity index (χ2n) is 5.11. The fraction of sp³-hybridized carbons (Fsp3) is 0.562. The standard InChI is InChI=1S/C16H27N3O2/c1-4-13(5-2)19(8-9-20)11-12-6-7-14(16(17)18)15(10-12)21-3/h6-7,10,13,20H,4-5,8-9,11H2,1-3H3,(H3,17,18). The van der Waals surface area contributed by atoms with Crippen molar-refractivity contribution in [2.24, 2.45) is 5.73 Å². The summed E-state index contributed by atoms with van der Waals surface area (Å²) in [6, 6.07) is 6.16. The Kier molecular flexibility index (Phi) is 7.19. The van der Waals surface area contributed by atoms with E-state index in [9.17, 15) is 5.11 Å². The van der Waals surface area contributed by atoms with Gasteiger partial charge in [0.25, 0.3) is 0 Å². The van der Waals surface area contributed by atoms with Gasteiger partial charge in [-0.05, 0) is 30.5 Å². The van der Waals surface area contributed by atoms with E-state index in [0.29, 0.717) is 23.9 Å². The Labute approximate surface area is 127 Å². The second kappa shape index (κ2) is 8.64. The van der Waals surface area contributed by atoms with E-state index in [1.54, 1.807) is 7.11 Å². The molecule has 0 amide bonds. The summed E-state index contributed by atoms with van der Waals surface area (Å²) in [6.45, 7) is 5.89. The molecule has 1 rings (SSSR count). The largest absolute Gasteiger partial charge is 0.496 e. The van der Waals surface area contributed by atoms with E-state index < -0.39 is 0 Å². The van der Waals surface area contributed by atoms with Gasteiger partial charge in [0, 0.05) is 19.1 Å². The summed E-state index contributed by atoms with van der Waals surface area (Å²) < 4.78 is 5.31. The van der Waals surface area contributed by atoms with Crippen LogP contribution in [-0.4, -0.2) is 42.1 Å². The zero-order valence-electron chi connectivity index (χ0n) is 13.2. The topological polar surface area (TPSA) is 82.6 Å². The number of nitrogens with zero attached hydrogens (tertiary/aromatic N) is 1. The van der Waals surface area contributed by atoms with Crippen LogP contribution in [0.2, 0.25) is 0 Å². The smallest absolute Gasteiger partial charge is 0.130 e. The SMILES string of the molecule is CCC(CC)N(CCO)Cc1ccc(C(=N)N)c(OC)c1. The Morgan fingerprint density at radius 1 is 1.38 bits per heavy atom. The molecule has 5 heteroatoms. The third-order valence-electron chi connectivity index (χ3n) is 3.79. The number of hydrogen-bond donors (Lipinski definition) is 3. The van der Waals surface area contributed by atoms with Gasteiger partial charge in [-0.25, -0.2) is 0 Å². The van der Waals surface area contributed by atoms with Gasteiger partial charge in [-0.2, -0.15) is 0 Å². The van der Waals surface area contributed by atoms with E-state index in [1.165, 1.54) is 0 Å². The Morgan fingerprint density at radius 3 is 2.52 bits per heavy atom. The minimum absolute atomic E-state index is 0.00519. The zero-order valence-corrected chi connectivity index (χ0v) is 13.2. The highest BCUT2D eigenvalue weighted by atomic mass is 16.5. The first-order valence-corrected chi connectivity index (χ1v) is 7.43. The average molecular weight is 293 g/mol. The van der Waals surface area contributed by atoms with Crippen molar-refractivity contribution in [2.45, 2.75) is 39.3 Å². The van der Waals surface area contributed by atoms with E-state index in [0.717, 1.165) is 24.9 Å². The lowest BCUT2D eigenvalue weighted by Gasteiger charge is -2.30. The number of rotatable bonds is 9. The van der Waals surface area contributed by atoms with Crippen LogP contribution >= 0.6 is 0 Å². The van der Waals surface area contributed by atoms with Crippen LogP contribution in [0.4, 0.5) is 0 Å². The van der Waals surface area contributed by atoms with Crippen LogP contribution in [0.15, 0.2) is 18.2 Å². The second-order valence-corrected chi connectivity index (χ2v) is 5.11. The molecule has 21 heavy (non-hydrogen) atoms. The van der Waals surface area contributed by atoms with Crippen LogP contribution in [0.1, 0.15) is 37.8 Å². The summed E-state index contributed by atoms with van der Waals surface area (Å²) in [5.41, 5.74) is 7.24. The lowest BCUT2D eigenvalue weighted by Crippen LogP contribution is -2.36. The maximum atomic E-state index is 9.26. The number of methoxy groups -OCH3 is 1. The number of aliphatic hydroxyl groups is 1. The number of nitrogens with two attached hydrogens (primary N) is 1. The lowest BCUT2D eigenvalue weighted by atomic mass is 10.1. The van der Waals surface area contributed by atoms with Gasteiger partial charge in [0.15, 0.2) is 0 Å². The monoisotopic (exact) mass is 293 g/mol. The van der Waals surface area contributed by atoms with E-state index in [4.69, 9.17) is 15.9 Å².